The number of hydrogen-bond acceptors (Lipinski definition) is 7. The Morgan fingerprint density at radius 3 is 2.96 bits per heavy atom. The van der Waals surface area contributed by atoms with E-state index in [0.29, 0.717) is 18.1 Å². The first-order valence-electron chi connectivity index (χ1n) is 7.56. The minimum atomic E-state index is 0.452. The number of thiazole rings is 1. The fourth-order valence-electron chi connectivity index (χ4n) is 2.53. The Balaban J connectivity index is 1.40. The van der Waals surface area contributed by atoms with Crippen LogP contribution in [-0.2, 0) is 6.42 Å². The van der Waals surface area contributed by atoms with Crippen molar-refractivity contribution in [3.8, 4) is 17.3 Å². The monoisotopic (exact) mass is 349 g/mol. The number of nitrogens with zero attached hydrogens (tertiary/aromatic N) is 7. The minimum absolute atomic E-state index is 0.452. The van der Waals surface area contributed by atoms with Crippen LogP contribution in [0.5, 0.6) is 0 Å². The first-order valence-corrected chi connectivity index (χ1v) is 8.44. The van der Waals surface area contributed by atoms with Gasteiger partial charge in [-0.05, 0) is 12.1 Å². The molecule has 0 radical (unpaired) electrons. The van der Waals surface area contributed by atoms with Crippen LogP contribution in [0, 0.1) is 0 Å². The molecule has 0 amide bonds. The Morgan fingerprint density at radius 2 is 2.04 bits per heavy atom. The van der Waals surface area contributed by atoms with Crippen LogP contribution in [0.1, 0.15) is 11.5 Å². The van der Waals surface area contributed by atoms with Crippen LogP contribution in [0.3, 0.4) is 0 Å². The van der Waals surface area contributed by atoms with Crippen LogP contribution in [0.4, 0.5) is 0 Å². The first kappa shape index (κ1) is 14.1. The summed E-state index contributed by atoms with van der Waals surface area (Å²) in [5.41, 5.74) is 2.52. The Labute approximate surface area is 145 Å². The largest absolute Gasteiger partial charge is 0.332 e. The topological polar surface area (TPSA) is 86.9 Å². The van der Waals surface area contributed by atoms with Crippen LogP contribution in [0.2, 0.25) is 0 Å². The molecule has 0 spiro atoms. The molecule has 122 valence electrons. The van der Waals surface area contributed by atoms with Gasteiger partial charge in [-0.3, -0.25) is 4.40 Å². The van der Waals surface area contributed by atoms with Crippen LogP contribution >= 0.6 is 11.3 Å². The number of benzene rings is 1. The van der Waals surface area contributed by atoms with Crippen molar-refractivity contribution in [3.63, 3.8) is 0 Å². The molecule has 0 bridgehead atoms. The lowest BCUT2D eigenvalue weighted by atomic mass is 10.3. The van der Waals surface area contributed by atoms with Crippen molar-refractivity contribution in [1.82, 2.24) is 34.5 Å². The maximum absolute atomic E-state index is 5.39. The maximum atomic E-state index is 5.39. The second kappa shape index (κ2) is 5.64. The summed E-state index contributed by atoms with van der Waals surface area (Å²) in [6.07, 6.45) is 5.69. The Hall–Kier alpha value is -3.33. The van der Waals surface area contributed by atoms with Gasteiger partial charge in [0.25, 0.3) is 5.89 Å². The molecule has 0 saturated heterocycles. The summed E-state index contributed by atoms with van der Waals surface area (Å²) in [6, 6.07) is 9.74. The predicted octanol–water partition coefficient (Wildman–Crippen LogP) is 2.62. The van der Waals surface area contributed by atoms with Crippen LogP contribution in [0.15, 0.2) is 59.0 Å². The van der Waals surface area contributed by atoms with Gasteiger partial charge in [-0.1, -0.05) is 23.4 Å². The highest BCUT2D eigenvalue weighted by molar-refractivity contribution is 7.15. The zero-order chi connectivity index (χ0) is 16.6. The third-order valence-electron chi connectivity index (χ3n) is 3.71. The number of hydrogen-bond donors (Lipinski definition) is 0. The summed E-state index contributed by atoms with van der Waals surface area (Å²) in [6.45, 7) is 0. The third-order valence-corrected chi connectivity index (χ3v) is 4.59. The second-order valence-electron chi connectivity index (χ2n) is 5.38. The summed E-state index contributed by atoms with van der Waals surface area (Å²) in [5.74, 6) is 1.03. The summed E-state index contributed by atoms with van der Waals surface area (Å²) < 4.78 is 7.32. The molecule has 0 fully saturated rings. The lowest BCUT2D eigenvalue weighted by Crippen LogP contribution is -1.99. The van der Waals surface area contributed by atoms with E-state index in [1.807, 2.05) is 40.1 Å². The molecule has 0 saturated carbocycles. The molecule has 4 heterocycles. The third kappa shape index (κ3) is 2.50. The van der Waals surface area contributed by atoms with E-state index < -0.39 is 0 Å². The molecule has 25 heavy (non-hydrogen) atoms. The zero-order valence-corrected chi connectivity index (χ0v) is 13.7. The van der Waals surface area contributed by atoms with Crippen molar-refractivity contribution in [2.24, 2.45) is 0 Å². The number of fused-ring (bicyclic) bond motifs is 1. The van der Waals surface area contributed by atoms with E-state index >= 15 is 0 Å². The van der Waals surface area contributed by atoms with E-state index in [4.69, 9.17) is 4.52 Å². The van der Waals surface area contributed by atoms with Crippen molar-refractivity contribution in [2.75, 3.05) is 0 Å². The van der Waals surface area contributed by atoms with Crippen molar-refractivity contribution in [2.45, 2.75) is 6.42 Å². The molecule has 5 aromatic rings. The molecular formula is C16H11N7OS. The van der Waals surface area contributed by atoms with Gasteiger partial charge in [0, 0.05) is 5.38 Å². The van der Waals surface area contributed by atoms with Crippen molar-refractivity contribution >= 4 is 16.2 Å². The molecule has 8 nitrogen and oxygen atoms in total. The van der Waals surface area contributed by atoms with E-state index in [2.05, 4.69) is 25.3 Å². The van der Waals surface area contributed by atoms with Gasteiger partial charge in [-0.15, -0.1) is 11.3 Å². The summed E-state index contributed by atoms with van der Waals surface area (Å²) in [5, 5.41) is 14.8. The highest BCUT2D eigenvalue weighted by atomic mass is 32.1. The molecule has 4 aromatic heterocycles. The standard InChI is InChI=1S/C16H11N7OS/c1-2-4-12(5-3-1)23-18-7-11(20-23)6-14-19-16(24-21-14)13-9-25-15-8-17-10-22(13)15/h1-5,7-10H,6H2. The quantitative estimate of drug-likeness (QED) is 0.496. The van der Waals surface area contributed by atoms with Gasteiger partial charge >= 0.3 is 0 Å². The molecule has 0 aliphatic rings. The van der Waals surface area contributed by atoms with E-state index in [-0.39, 0.29) is 0 Å². The molecular weight excluding hydrogens is 338 g/mol. The second-order valence-corrected chi connectivity index (χ2v) is 6.27. The average molecular weight is 349 g/mol. The molecule has 0 aliphatic heterocycles. The highest BCUT2D eigenvalue weighted by Crippen LogP contribution is 2.24. The van der Waals surface area contributed by atoms with Crippen molar-refractivity contribution in [3.05, 3.63) is 66.0 Å². The van der Waals surface area contributed by atoms with E-state index in [0.717, 1.165) is 21.9 Å². The molecule has 0 N–H and O–H groups in total. The first-order chi connectivity index (χ1) is 12.4. The smallest absolute Gasteiger partial charge is 0.275 e. The molecule has 0 unspecified atom stereocenters. The van der Waals surface area contributed by atoms with Gasteiger partial charge in [0.05, 0.1) is 30.2 Å². The van der Waals surface area contributed by atoms with Crippen LogP contribution < -0.4 is 0 Å². The fraction of sp³-hybridized carbons (Fsp3) is 0.0625. The highest BCUT2D eigenvalue weighted by Gasteiger charge is 2.15. The van der Waals surface area contributed by atoms with Gasteiger partial charge in [0.2, 0.25) is 0 Å². The molecule has 0 aliphatic carbocycles. The summed E-state index contributed by atoms with van der Waals surface area (Å²) in [4.78, 5) is 11.2. The van der Waals surface area contributed by atoms with Gasteiger partial charge in [0.15, 0.2) is 5.82 Å². The normalized spacial score (nSPS) is 11.4. The molecule has 5 rings (SSSR count). The molecule has 9 heteroatoms. The number of imidazole rings is 1. The lowest BCUT2D eigenvalue weighted by molar-refractivity contribution is 0.422. The number of rotatable bonds is 4. The van der Waals surface area contributed by atoms with Gasteiger partial charge in [-0.2, -0.15) is 20.0 Å². The Morgan fingerprint density at radius 1 is 1.12 bits per heavy atom. The Kier molecular flexibility index (Phi) is 3.17. The SMILES string of the molecule is c1ccc(-n2ncc(Cc3noc(-c4csc5cncn45)n3)n2)cc1. The predicted molar refractivity (Wildman–Crippen MR) is 90.5 cm³/mol. The molecule has 1 aromatic carbocycles. The van der Waals surface area contributed by atoms with Crippen LogP contribution in [-0.4, -0.2) is 34.5 Å². The van der Waals surface area contributed by atoms with Crippen LogP contribution in [0.25, 0.3) is 22.1 Å². The molecule has 0 atom stereocenters. The average Bonchev–Trinajstić information content (AvgIpc) is 3.40. The number of aromatic nitrogens is 7. The van der Waals surface area contributed by atoms with Crippen molar-refractivity contribution < 1.29 is 4.52 Å². The summed E-state index contributed by atoms with van der Waals surface area (Å²) in [7, 11) is 0. The van der Waals surface area contributed by atoms with E-state index in [1.165, 1.54) is 0 Å². The number of para-hydroxylation sites is 1. The minimum Gasteiger partial charge on any atom is -0.332 e. The van der Waals surface area contributed by atoms with Gasteiger partial charge in [-0.25, -0.2) is 4.98 Å². The van der Waals surface area contributed by atoms with E-state index in [1.54, 1.807) is 34.9 Å². The fourth-order valence-corrected chi connectivity index (χ4v) is 3.36. The maximum Gasteiger partial charge on any atom is 0.275 e. The van der Waals surface area contributed by atoms with E-state index in [9.17, 15) is 0 Å². The van der Waals surface area contributed by atoms with Crippen molar-refractivity contribution in [1.29, 1.82) is 0 Å². The zero-order valence-electron chi connectivity index (χ0n) is 12.9. The van der Waals surface area contributed by atoms with Gasteiger partial charge in [0.1, 0.15) is 16.9 Å². The lowest BCUT2D eigenvalue weighted by Gasteiger charge is -1.96. The van der Waals surface area contributed by atoms with Gasteiger partial charge < -0.3 is 4.52 Å². The Bertz CT molecular complexity index is 1140. The summed E-state index contributed by atoms with van der Waals surface area (Å²) >= 11 is 1.58.